The van der Waals surface area contributed by atoms with E-state index in [1.165, 1.54) is 11.3 Å². The van der Waals surface area contributed by atoms with Crippen molar-refractivity contribution in [1.29, 1.82) is 0 Å². The first-order chi connectivity index (χ1) is 12.4. The zero-order chi connectivity index (χ0) is 18.5. The van der Waals surface area contributed by atoms with Crippen molar-refractivity contribution in [2.24, 2.45) is 0 Å². The molecule has 1 aliphatic heterocycles. The van der Waals surface area contributed by atoms with E-state index in [9.17, 15) is 4.79 Å². The fourth-order valence-electron chi connectivity index (χ4n) is 3.60. The van der Waals surface area contributed by atoms with Crippen LogP contribution in [0.3, 0.4) is 0 Å². The van der Waals surface area contributed by atoms with Crippen LogP contribution in [0.5, 0.6) is 0 Å². The van der Waals surface area contributed by atoms with Crippen LogP contribution in [0.25, 0.3) is 20.4 Å². The van der Waals surface area contributed by atoms with E-state index in [0.29, 0.717) is 6.61 Å². The molecule has 5 nitrogen and oxygen atoms in total. The first kappa shape index (κ1) is 17.6. The van der Waals surface area contributed by atoms with Gasteiger partial charge in [-0.2, -0.15) is 0 Å². The molecule has 0 aliphatic carbocycles. The van der Waals surface area contributed by atoms with Gasteiger partial charge in [0.25, 0.3) is 5.56 Å². The molecule has 0 fully saturated rings. The summed E-state index contributed by atoms with van der Waals surface area (Å²) in [5.74, 6) is 0.866. The van der Waals surface area contributed by atoms with Crippen LogP contribution in [-0.4, -0.2) is 20.1 Å². The lowest BCUT2D eigenvalue weighted by Gasteiger charge is -2.30. The summed E-state index contributed by atoms with van der Waals surface area (Å²) in [4.78, 5) is 23.8. The molecule has 1 aliphatic rings. The maximum atomic E-state index is 13.1. The molecular formula is C20H25N3O2S. The number of pyridine rings is 1. The van der Waals surface area contributed by atoms with Gasteiger partial charge in [0.2, 0.25) is 0 Å². The first-order valence-electron chi connectivity index (χ1n) is 9.42. The molecular weight excluding hydrogens is 346 g/mol. The highest BCUT2D eigenvalue weighted by Gasteiger charge is 2.28. The van der Waals surface area contributed by atoms with Gasteiger partial charge in [0, 0.05) is 30.3 Å². The second kappa shape index (κ2) is 6.43. The average molecular weight is 372 g/mol. The Labute approximate surface area is 157 Å². The van der Waals surface area contributed by atoms with Crippen LogP contribution >= 0.6 is 11.3 Å². The van der Waals surface area contributed by atoms with E-state index in [1.54, 1.807) is 0 Å². The lowest BCUT2D eigenvalue weighted by molar-refractivity contribution is -0.0411. The zero-order valence-electron chi connectivity index (χ0n) is 15.9. The lowest BCUT2D eigenvalue weighted by Crippen LogP contribution is -2.32. The fraction of sp³-hybridized carbons (Fsp3) is 0.550. The standard InChI is InChI=1S/C20H25N3O2S/c1-5-7-8-23-15(6-2)22-16-13-9-12-11-25-20(3,4)10-14(12)21-18(13)26-17(16)19(23)24/h9H,5-8,10-11H2,1-4H3. The fourth-order valence-corrected chi connectivity index (χ4v) is 4.66. The van der Waals surface area contributed by atoms with Crippen LogP contribution in [0.1, 0.15) is 57.6 Å². The van der Waals surface area contributed by atoms with E-state index >= 15 is 0 Å². The SMILES string of the molecule is CCCCn1c(CC)nc2c(sc3nc4c(cc32)COC(C)(C)C4)c1=O. The molecule has 0 spiro atoms. The molecule has 0 saturated heterocycles. The molecule has 0 bridgehead atoms. The minimum absolute atomic E-state index is 0.0813. The Morgan fingerprint density at radius 3 is 2.85 bits per heavy atom. The predicted octanol–water partition coefficient (Wildman–Crippen LogP) is 4.22. The number of aryl methyl sites for hydroxylation is 1. The molecule has 0 atom stereocenters. The van der Waals surface area contributed by atoms with Gasteiger partial charge >= 0.3 is 0 Å². The van der Waals surface area contributed by atoms with Gasteiger partial charge in [0.15, 0.2) is 0 Å². The number of rotatable bonds is 4. The van der Waals surface area contributed by atoms with E-state index in [4.69, 9.17) is 14.7 Å². The van der Waals surface area contributed by atoms with Crippen molar-refractivity contribution in [1.82, 2.24) is 14.5 Å². The van der Waals surface area contributed by atoms with Gasteiger partial charge in [0.1, 0.15) is 15.4 Å². The molecule has 3 aromatic rings. The van der Waals surface area contributed by atoms with Crippen molar-refractivity contribution in [3.63, 3.8) is 0 Å². The minimum Gasteiger partial charge on any atom is -0.370 e. The second-order valence-corrected chi connectivity index (χ2v) is 8.64. The van der Waals surface area contributed by atoms with Crippen LogP contribution < -0.4 is 5.56 Å². The lowest BCUT2D eigenvalue weighted by atomic mass is 9.95. The molecule has 138 valence electrons. The first-order valence-corrected chi connectivity index (χ1v) is 10.2. The van der Waals surface area contributed by atoms with Crippen LogP contribution in [-0.2, 0) is 30.7 Å². The van der Waals surface area contributed by atoms with Crippen molar-refractivity contribution in [2.45, 2.75) is 72.1 Å². The molecule has 0 radical (unpaired) electrons. The Hall–Kier alpha value is -1.79. The van der Waals surface area contributed by atoms with Crippen molar-refractivity contribution in [2.75, 3.05) is 0 Å². The molecule has 26 heavy (non-hydrogen) atoms. The molecule has 3 aromatic heterocycles. The summed E-state index contributed by atoms with van der Waals surface area (Å²) in [6.45, 7) is 9.68. The highest BCUT2D eigenvalue weighted by Crippen LogP contribution is 2.34. The Morgan fingerprint density at radius 2 is 2.12 bits per heavy atom. The zero-order valence-corrected chi connectivity index (χ0v) is 16.7. The van der Waals surface area contributed by atoms with Gasteiger partial charge in [-0.25, -0.2) is 9.97 Å². The summed E-state index contributed by atoms with van der Waals surface area (Å²) < 4.78 is 8.52. The summed E-state index contributed by atoms with van der Waals surface area (Å²) >= 11 is 1.48. The van der Waals surface area contributed by atoms with Crippen LogP contribution in [0.15, 0.2) is 10.9 Å². The molecule has 4 rings (SSSR count). The van der Waals surface area contributed by atoms with Gasteiger partial charge in [-0.05, 0) is 26.3 Å². The molecule has 4 heterocycles. The number of hydrogen-bond acceptors (Lipinski definition) is 5. The van der Waals surface area contributed by atoms with Gasteiger partial charge in [-0.3, -0.25) is 9.36 Å². The monoisotopic (exact) mass is 371 g/mol. The largest absolute Gasteiger partial charge is 0.370 e. The van der Waals surface area contributed by atoms with Crippen LogP contribution in [0.4, 0.5) is 0 Å². The van der Waals surface area contributed by atoms with Gasteiger partial charge < -0.3 is 4.74 Å². The second-order valence-electron chi connectivity index (χ2n) is 7.64. The van der Waals surface area contributed by atoms with Crippen LogP contribution in [0.2, 0.25) is 0 Å². The summed E-state index contributed by atoms with van der Waals surface area (Å²) in [7, 11) is 0. The number of aromatic nitrogens is 3. The topological polar surface area (TPSA) is 57.0 Å². The smallest absolute Gasteiger partial charge is 0.271 e. The van der Waals surface area contributed by atoms with Crippen molar-refractivity contribution < 1.29 is 4.74 Å². The Kier molecular flexibility index (Phi) is 4.35. The van der Waals surface area contributed by atoms with Crippen LogP contribution in [0, 0.1) is 0 Å². The molecule has 6 heteroatoms. The molecule has 0 amide bonds. The average Bonchev–Trinajstić information content (AvgIpc) is 2.96. The number of unbranched alkanes of at least 4 members (excludes halogenated alkanes) is 1. The number of nitrogens with zero attached hydrogens (tertiary/aromatic N) is 3. The Balaban J connectivity index is 1.94. The third-order valence-electron chi connectivity index (χ3n) is 5.08. The number of ether oxygens (including phenoxy) is 1. The van der Waals surface area contributed by atoms with Gasteiger partial charge in [-0.1, -0.05) is 20.3 Å². The maximum absolute atomic E-state index is 13.1. The summed E-state index contributed by atoms with van der Waals surface area (Å²) in [5.41, 5.74) is 2.90. The Morgan fingerprint density at radius 1 is 1.31 bits per heavy atom. The highest BCUT2D eigenvalue weighted by molar-refractivity contribution is 7.25. The van der Waals surface area contributed by atoms with E-state index in [0.717, 1.165) is 69.7 Å². The van der Waals surface area contributed by atoms with E-state index in [-0.39, 0.29) is 11.2 Å². The quantitative estimate of drug-likeness (QED) is 0.689. The predicted molar refractivity (Wildman–Crippen MR) is 106 cm³/mol. The van der Waals surface area contributed by atoms with Crippen molar-refractivity contribution in [3.05, 3.63) is 33.5 Å². The van der Waals surface area contributed by atoms with E-state index in [1.807, 2.05) is 4.57 Å². The normalized spacial score (nSPS) is 16.3. The number of thiophene rings is 1. The van der Waals surface area contributed by atoms with Gasteiger partial charge in [-0.15, -0.1) is 11.3 Å². The van der Waals surface area contributed by atoms with Crippen molar-refractivity contribution in [3.8, 4) is 0 Å². The maximum Gasteiger partial charge on any atom is 0.271 e. The molecule has 0 N–H and O–H groups in total. The van der Waals surface area contributed by atoms with E-state index in [2.05, 4.69) is 33.8 Å². The third kappa shape index (κ3) is 2.85. The third-order valence-corrected chi connectivity index (χ3v) is 6.16. The Bertz CT molecular complexity index is 1050. The summed E-state index contributed by atoms with van der Waals surface area (Å²) in [5, 5.41) is 0.987. The summed E-state index contributed by atoms with van der Waals surface area (Å²) in [6.07, 6.45) is 3.59. The minimum atomic E-state index is -0.190. The number of fused-ring (bicyclic) bond motifs is 4. The number of hydrogen-bond donors (Lipinski definition) is 0. The molecule has 0 unspecified atom stereocenters. The van der Waals surface area contributed by atoms with E-state index < -0.39 is 0 Å². The summed E-state index contributed by atoms with van der Waals surface area (Å²) in [6, 6.07) is 2.13. The highest BCUT2D eigenvalue weighted by atomic mass is 32.1. The van der Waals surface area contributed by atoms with Crippen molar-refractivity contribution >= 4 is 31.8 Å². The molecule has 0 aromatic carbocycles. The van der Waals surface area contributed by atoms with Gasteiger partial charge in [0.05, 0.1) is 23.4 Å². The molecule has 0 saturated carbocycles.